The Hall–Kier alpha value is -4.75. The van der Waals surface area contributed by atoms with E-state index in [1.165, 1.54) is 12.0 Å². The molecule has 0 unspecified atom stereocenters. The van der Waals surface area contributed by atoms with Crippen LogP contribution in [0.25, 0.3) is 0 Å². The van der Waals surface area contributed by atoms with Crippen LogP contribution >= 0.6 is 0 Å². The van der Waals surface area contributed by atoms with E-state index in [1.807, 2.05) is 19.9 Å². The van der Waals surface area contributed by atoms with Gasteiger partial charge >= 0.3 is 18.0 Å². The number of alkyl carbamates (subject to hydrolysis) is 1. The maximum absolute atomic E-state index is 13.9. The number of hydrogen-bond donors (Lipinski definition) is 3. The SMILES string of the molecule is CCOC(=O)/C=C\C(=O)CC[C@H](NC(=O)OCc1ccccc1)C(=O)N[C@H](C(=O)N1CCC[C@H]1C(=O)N[C@H](CC(C)C)C(=O)OC)C(C)C. The molecule has 4 atom stereocenters. The van der Waals surface area contributed by atoms with Crippen molar-refractivity contribution in [2.75, 3.05) is 20.3 Å². The van der Waals surface area contributed by atoms with Crippen molar-refractivity contribution in [2.45, 2.75) is 97.5 Å². The van der Waals surface area contributed by atoms with Gasteiger partial charge in [0.1, 0.15) is 30.8 Å². The molecular formula is C35H50N4O10. The second-order valence-corrected chi connectivity index (χ2v) is 12.5. The minimum atomic E-state index is -1.29. The lowest BCUT2D eigenvalue weighted by atomic mass is 10.00. The third-order valence-corrected chi connectivity index (χ3v) is 7.77. The summed E-state index contributed by atoms with van der Waals surface area (Å²) >= 11 is 0. The molecule has 0 aromatic heterocycles. The predicted molar refractivity (Wildman–Crippen MR) is 178 cm³/mol. The zero-order chi connectivity index (χ0) is 36.5. The average Bonchev–Trinajstić information content (AvgIpc) is 3.56. The van der Waals surface area contributed by atoms with Gasteiger partial charge in [0.25, 0.3) is 0 Å². The highest BCUT2D eigenvalue weighted by Crippen LogP contribution is 2.21. The summed E-state index contributed by atoms with van der Waals surface area (Å²) < 4.78 is 14.9. The molecule has 1 aliphatic rings. The van der Waals surface area contributed by atoms with E-state index in [1.54, 1.807) is 45.0 Å². The van der Waals surface area contributed by atoms with Crippen LogP contribution in [-0.4, -0.2) is 90.9 Å². The third-order valence-electron chi connectivity index (χ3n) is 7.77. The lowest BCUT2D eigenvalue weighted by Crippen LogP contribution is -2.59. The molecule has 1 fully saturated rings. The number of benzene rings is 1. The Kier molecular flexibility index (Phi) is 17.0. The first-order chi connectivity index (χ1) is 23.3. The summed E-state index contributed by atoms with van der Waals surface area (Å²) in [6.07, 6.45) is 1.96. The summed E-state index contributed by atoms with van der Waals surface area (Å²) in [5.41, 5.74) is 0.717. The lowest BCUT2D eigenvalue weighted by molar-refractivity contribution is -0.147. The molecule has 4 amide bonds. The quantitative estimate of drug-likeness (QED) is 0.118. The first-order valence-corrected chi connectivity index (χ1v) is 16.6. The molecule has 1 aromatic carbocycles. The van der Waals surface area contributed by atoms with Gasteiger partial charge < -0.3 is 35.1 Å². The summed E-state index contributed by atoms with van der Waals surface area (Å²) in [6, 6.07) is 4.78. The predicted octanol–water partition coefficient (Wildman–Crippen LogP) is 2.59. The number of allylic oxidation sites excluding steroid dienone is 1. The molecule has 2 rings (SSSR count). The highest BCUT2D eigenvalue weighted by Gasteiger charge is 2.40. The van der Waals surface area contributed by atoms with Crippen molar-refractivity contribution in [3.05, 3.63) is 48.0 Å². The van der Waals surface area contributed by atoms with E-state index in [9.17, 15) is 33.6 Å². The number of nitrogens with one attached hydrogen (secondary N) is 3. The molecule has 0 bridgehead atoms. The zero-order valence-corrected chi connectivity index (χ0v) is 29.2. The Morgan fingerprint density at radius 2 is 1.61 bits per heavy atom. The summed E-state index contributed by atoms with van der Waals surface area (Å²) in [5.74, 6) is -3.84. The van der Waals surface area contributed by atoms with Gasteiger partial charge in [0.2, 0.25) is 17.7 Å². The van der Waals surface area contributed by atoms with Crippen molar-refractivity contribution in [3.8, 4) is 0 Å². The topological polar surface area (TPSA) is 187 Å². The zero-order valence-electron chi connectivity index (χ0n) is 29.2. The Morgan fingerprint density at radius 3 is 2.22 bits per heavy atom. The Labute approximate surface area is 287 Å². The Balaban J connectivity index is 2.20. The van der Waals surface area contributed by atoms with Gasteiger partial charge in [0, 0.05) is 19.0 Å². The van der Waals surface area contributed by atoms with Gasteiger partial charge in [-0.15, -0.1) is 0 Å². The molecule has 3 N–H and O–H groups in total. The van der Waals surface area contributed by atoms with Crippen LogP contribution in [0.5, 0.6) is 0 Å². The average molecular weight is 687 g/mol. The first-order valence-electron chi connectivity index (χ1n) is 16.6. The van der Waals surface area contributed by atoms with Crippen molar-refractivity contribution >= 4 is 41.5 Å². The van der Waals surface area contributed by atoms with E-state index < -0.39 is 71.6 Å². The van der Waals surface area contributed by atoms with Crippen molar-refractivity contribution in [2.24, 2.45) is 11.8 Å². The van der Waals surface area contributed by atoms with Crippen molar-refractivity contribution in [1.82, 2.24) is 20.9 Å². The number of ether oxygens (including phenoxy) is 3. The summed E-state index contributed by atoms with van der Waals surface area (Å²) in [4.78, 5) is 91.4. The van der Waals surface area contributed by atoms with Gasteiger partial charge in [-0.2, -0.15) is 0 Å². The van der Waals surface area contributed by atoms with Crippen molar-refractivity contribution in [3.63, 3.8) is 0 Å². The summed E-state index contributed by atoms with van der Waals surface area (Å²) in [7, 11) is 1.24. The smallest absolute Gasteiger partial charge is 0.408 e. The third kappa shape index (κ3) is 13.7. The fourth-order valence-electron chi connectivity index (χ4n) is 5.24. The number of amides is 4. The number of carbonyl (C=O) groups excluding carboxylic acids is 7. The minimum absolute atomic E-state index is 0.0677. The van der Waals surface area contributed by atoms with Crippen LogP contribution in [0.4, 0.5) is 4.79 Å². The van der Waals surface area contributed by atoms with E-state index in [-0.39, 0.29) is 38.5 Å². The number of carbonyl (C=O) groups is 7. The van der Waals surface area contributed by atoms with Gasteiger partial charge in [0.15, 0.2) is 5.78 Å². The molecule has 270 valence electrons. The van der Waals surface area contributed by atoms with Crippen LogP contribution < -0.4 is 16.0 Å². The van der Waals surface area contributed by atoms with Crippen LogP contribution in [0.2, 0.25) is 0 Å². The van der Waals surface area contributed by atoms with E-state index in [0.29, 0.717) is 19.3 Å². The molecule has 1 aromatic rings. The van der Waals surface area contributed by atoms with E-state index in [4.69, 9.17) is 14.2 Å². The highest BCUT2D eigenvalue weighted by molar-refractivity contribution is 5.97. The van der Waals surface area contributed by atoms with Crippen LogP contribution in [-0.2, 0) is 49.6 Å². The summed E-state index contributed by atoms with van der Waals surface area (Å²) in [6.45, 7) is 9.23. The molecule has 14 heteroatoms. The number of ketones is 1. The molecule has 0 aliphatic carbocycles. The number of likely N-dealkylation sites (tertiary alicyclic amines) is 1. The van der Waals surface area contributed by atoms with Crippen molar-refractivity contribution < 1.29 is 47.8 Å². The molecular weight excluding hydrogens is 636 g/mol. The first kappa shape index (κ1) is 40.4. The molecule has 1 aliphatic heterocycles. The second kappa shape index (κ2) is 20.6. The normalized spacial score (nSPS) is 16.1. The molecule has 1 heterocycles. The largest absolute Gasteiger partial charge is 0.467 e. The maximum Gasteiger partial charge on any atom is 0.408 e. The lowest BCUT2D eigenvalue weighted by Gasteiger charge is -2.32. The Morgan fingerprint density at radius 1 is 0.918 bits per heavy atom. The van der Waals surface area contributed by atoms with E-state index in [0.717, 1.165) is 17.7 Å². The number of nitrogens with zero attached hydrogens (tertiary/aromatic N) is 1. The van der Waals surface area contributed by atoms with Gasteiger partial charge in [-0.25, -0.2) is 14.4 Å². The highest BCUT2D eigenvalue weighted by atomic mass is 16.5. The van der Waals surface area contributed by atoms with Crippen LogP contribution in [0.3, 0.4) is 0 Å². The van der Waals surface area contributed by atoms with Crippen molar-refractivity contribution in [1.29, 1.82) is 0 Å². The van der Waals surface area contributed by atoms with Crippen LogP contribution in [0, 0.1) is 11.8 Å². The molecule has 14 nitrogen and oxygen atoms in total. The number of rotatable bonds is 18. The van der Waals surface area contributed by atoms with Gasteiger partial charge in [-0.1, -0.05) is 58.0 Å². The van der Waals surface area contributed by atoms with E-state index >= 15 is 0 Å². The Bertz CT molecular complexity index is 1330. The number of methoxy groups -OCH3 is 1. The minimum Gasteiger partial charge on any atom is -0.467 e. The maximum atomic E-state index is 13.9. The number of esters is 2. The van der Waals surface area contributed by atoms with Gasteiger partial charge in [-0.3, -0.25) is 19.2 Å². The standard InChI is InChI=1S/C35H50N4O10/c1-7-48-29(41)18-16-25(40)15-17-26(37-35(46)49-21-24-12-9-8-10-13-24)31(42)38-30(23(4)5)33(44)39-19-11-14-28(39)32(43)36-27(20-22(2)3)34(45)47-6/h8-10,12-13,16,18,22-23,26-28,30H,7,11,14-15,17,19-21H2,1-6H3,(H,36,43)(H,37,46)(H,38,42)/b18-16-/t26-,27+,28-,30-/m0/s1. The molecule has 0 radical (unpaired) electrons. The monoisotopic (exact) mass is 686 g/mol. The fraction of sp³-hybridized carbons (Fsp3) is 0.571. The molecule has 49 heavy (non-hydrogen) atoms. The second-order valence-electron chi connectivity index (χ2n) is 12.5. The number of hydrogen-bond acceptors (Lipinski definition) is 10. The molecule has 0 spiro atoms. The molecule has 1 saturated heterocycles. The van der Waals surface area contributed by atoms with Gasteiger partial charge in [-0.05, 0) is 56.1 Å². The van der Waals surface area contributed by atoms with Crippen LogP contribution in [0.1, 0.15) is 72.3 Å². The van der Waals surface area contributed by atoms with Gasteiger partial charge in [0.05, 0.1) is 13.7 Å². The fourth-order valence-corrected chi connectivity index (χ4v) is 5.24. The van der Waals surface area contributed by atoms with E-state index in [2.05, 4.69) is 16.0 Å². The molecule has 0 saturated carbocycles. The summed E-state index contributed by atoms with van der Waals surface area (Å²) in [5, 5.41) is 7.92. The van der Waals surface area contributed by atoms with Crippen LogP contribution in [0.15, 0.2) is 42.5 Å².